The summed E-state index contributed by atoms with van der Waals surface area (Å²) >= 11 is 0. The van der Waals surface area contributed by atoms with E-state index in [9.17, 15) is 8.42 Å². The van der Waals surface area contributed by atoms with Crippen molar-refractivity contribution >= 4 is 10.0 Å². The topological polar surface area (TPSA) is 76.7 Å². The maximum absolute atomic E-state index is 11.9. The van der Waals surface area contributed by atoms with E-state index >= 15 is 0 Å². The SMILES string of the molecule is C=CS(=O)(=O)N[C@H]1CCCN[C@H]1COC1CCC(c2ccccc2OCC)CC1. The lowest BCUT2D eigenvalue weighted by atomic mass is 9.82. The third kappa shape index (κ3) is 6.28. The molecule has 1 saturated heterocycles. The van der Waals surface area contributed by atoms with E-state index in [4.69, 9.17) is 9.47 Å². The number of ether oxygens (including phenoxy) is 2. The van der Waals surface area contributed by atoms with Gasteiger partial charge in [0.15, 0.2) is 0 Å². The van der Waals surface area contributed by atoms with Crippen LogP contribution in [-0.4, -0.2) is 46.4 Å². The van der Waals surface area contributed by atoms with Crippen LogP contribution in [0, 0.1) is 0 Å². The zero-order chi connectivity index (χ0) is 20.7. The lowest BCUT2D eigenvalue weighted by molar-refractivity contribution is 0.00512. The van der Waals surface area contributed by atoms with Gasteiger partial charge in [0.05, 0.1) is 19.3 Å². The summed E-state index contributed by atoms with van der Waals surface area (Å²) in [6.45, 7) is 7.49. The fourth-order valence-electron chi connectivity index (χ4n) is 4.41. The molecule has 0 unspecified atom stereocenters. The minimum absolute atomic E-state index is 0.00474. The molecule has 1 aliphatic heterocycles. The van der Waals surface area contributed by atoms with Gasteiger partial charge in [0.25, 0.3) is 0 Å². The lowest BCUT2D eigenvalue weighted by Gasteiger charge is -2.35. The number of benzene rings is 1. The number of piperidine rings is 1. The Morgan fingerprint density at radius 2 is 1.97 bits per heavy atom. The predicted molar refractivity (Wildman–Crippen MR) is 116 cm³/mol. The molecule has 1 aromatic rings. The first kappa shape index (κ1) is 22.3. The van der Waals surface area contributed by atoms with E-state index in [1.807, 2.05) is 13.0 Å². The van der Waals surface area contributed by atoms with Crippen molar-refractivity contribution < 1.29 is 17.9 Å². The number of hydrogen-bond acceptors (Lipinski definition) is 5. The fourth-order valence-corrected chi connectivity index (χ4v) is 5.21. The van der Waals surface area contributed by atoms with E-state index < -0.39 is 10.0 Å². The standard InChI is InChI=1S/C22H34N2O4S/c1-3-27-22-10-6-5-8-19(22)17-11-13-18(14-12-17)28-16-21-20(9-7-15-23-21)24-29(25,26)4-2/h4-6,8,10,17-18,20-21,23-24H,2-3,7,9,11-16H2,1H3/t17?,18?,20-,21-/m0/s1. The van der Waals surface area contributed by atoms with Gasteiger partial charge < -0.3 is 14.8 Å². The van der Waals surface area contributed by atoms with E-state index in [0.29, 0.717) is 19.1 Å². The molecule has 2 fully saturated rings. The van der Waals surface area contributed by atoms with Crippen LogP contribution >= 0.6 is 0 Å². The van der Waals surface area contributed by atoms with Gasteiger partial charge in [0.2, 0.25) is 10.0 Å². The minimum atomic E-state index is -3.44. The first-order chi connectivity index (χ1) is 14.0. The van der Waals surface area contributed by atoms with Crippen LogP contribution in [0.3, 0.4) is 0 Å². The molecule has 2 aliphatic rings. The molecule has 0 bridgehead atoms. The molecule has 0 aromatic heterocycles. The molecule has 1 saturated carbocycles. The highest BCUT2D eigenvalue weighted by Crippen LogP contribution is 2.38. The third-order valence-electron chi connectivity index (χ3n) is 5.96. The average molecular weight is 423 g/mol. The average Bonchev–Trinajstić information content (AvgIpc) is 2.74. The summed E-state index contributed by atoms with van der Waals surface area (Å²) in [5.41, 5.74) is 1.31. The van der Waals surface area contributed by atoms with Gasteiger partial charge >= 0.3 is 0 Å². The summed E-state index contributed by atoms with van der Waals surface area (Å²) in [7, 11) is -3.44. The summed E-state index contributed by atoms with van der Waals surface area (Å²) in [6, 6.07) is 8.19. The van der Waals surface area contributed by atoms with Gasteiger partial charge in [-0.25, -0.2) is 13.1 Å². The summed E-state index contributed by atoms with van der Waals surface area (Å²) < 4.78 is 38.4. The quantitative estimate of drug-likeness (QED) is 0.638. The van der Waals surface area contributed by atoms with Crippen molar-refractivity contribution in [3.63, 3.8) is 0 Å². The Bertz CT molecular complexity index is 760. The zero-order valence-electron chi connectivity index (χ0n) is 17.3. The van der Waals surface area contributed by atoms with Crippen LogP contribution in [0.5, 0.6) is 5.75 Å². The van der Waals surface area contributed by atoms with Gasteiger partial charge in [-0.15, -0.1) is 0 Å². The molecule has 1 aromatic carbocycles. The summed E-state index contributed by atoms with van der Waals surface area (Å²) in [6.07, 6.45) is 6.19. The summed E-state index contributed by atoms with van der Waals surface area (Å²) in [5.74, 6) is 1.51. The van der Waals surface area contributed by atoms with Crippen LogP contribution in [0.25, 0.3) is 0 Å². The minimum Gasteiger partial charge on any atom is -0.494 e. The van der Waals surface area contributed by atoms with Crippen molar-refractivity contribution in [2.75, 3.05) is 19.8 Å². The molecule has 2 N–H and O–H groups in total. The third-order valence-corrected chi connectivity index (χ3v) is 7.03. The largest absolute Gasteiger partial charge is 0.494 e. The van der Waals surface area contributed by atoms with Crippen LogP contribution in [0.1, 0.15) is 56.9 Å². The van der Waals surface area contributed by atoms with Gasteiger partial charge in [-0.05, 0) is 69.5 Å². The number of hydrogen-bond donors (Lipinski definition) is 2. The van der Waals surface area contributed by atoms with E-state index in [2.05, 4.69) is 34.8 Å². The first-order valence-corrected chi connectivity index (χ1v) is 12.3. The summed E-state index contributed by atoms with van der Waals surface area (Å²) in [4.78, 5) is 0. The molecule has 0 amide bonds. The highest BCUT2D eigenvalue weighted by atomic mass is 32.2. The molecular formula is C22H34N2O4S. The second kappa shape index (κ2) is 10.6. The Labute approximate surface area is 175 Å². The Hall–Kier alpha value is -1.41. The van der Waals surface area contributed by atoms with Crippen molar-refractivity contribution in [2.24, 2.45) is 0 Å². The van der Waals surface area contributed by atoms with Crippen LogP contribution in [0.15, 0.2) is 36.3 Å². The maximum Gasteiger partial charge on any atom is 0.233 e. The van der Waals surface area contributed by atoms with Crippen molar-refractivity contribution in [3.05, 3.63) is 41.8 Å². The smallest absolute Gasteiger partial charge is 0.233 e. The Balaban J connectivity index is 1.50. The van der Waals surface area contributed by atoms with Gasteiger partial charge in [-0.1, -0.05) is 24.8 Å². The van der Waals surface area contributed by atoms with Crippen LogP contribution in [-0.2, 0) is 14.8 Å². The number of sulfonamides is 1. The predicted octanol–water partition coefficient (Wildman–Crippen LogP) is 3.31. The van der Waals surface area contributed by atoms with E-state index in [-0.39, 0.29) is 18.2 Å². The molecule has 7 heteroatoms. The molecule has 6 nitrogen and oxygen atoms in total. The molecule has 0 spiro atoms. The molecule has 1 heterocycles. The van der Waals surface area contributed by atoms with Gasteiger partial charge in [-0.2, -0.15) is 0 Å². The van der Waals surface area contributed by atoms with Crippen molar-refractivity contribution in [2.45, 2.75) is 69.6 Å². The van der Waals surface area contributed by atoms with E-state index in [1.54, 1.807) is 0 Å². The second-order valence-electron chi connectivity index (χ2n) is 7.92. The number of para-hydroxylation sites is 1. The monoisotopic (exact) mass is 422 g/mol. The van der Waals surface area contributed by atoms with Gasteiger partial charge in [0.1, 0.15) is 5.75 Å². The van der Waals surface area contributed by atoms with E-state index in [0.717, 1.165) is 56.2 Å². The zero-order valence-corrected chi connectivity index (χ0v) is 18.1. The summed E-state index contributed by atoms with van der Waals surface area (Å²) in [5, 5.41) is 4.38. The van der Waals surface area contributed by atoms with Gasteiger partial charge in [0, 0.05) is 17.5 Å². The highest BCUT2D eigenvalue weighted by molar-refractivity contribution is 7.92. The molecule has 0 radical (unpaired) electrons. The first-order valence-electron chi connectivity index (χ1n) is 10.7. The van der Waals surface area contributed by atoms with Crippen molar-refractivity contribution in [1.82, 2.24) is 10.0 Å². The Morgan fingerprint density at radius 3 is 2.69 bits per heavy atom. The fraction of sp³-hybridized carbons (Fsp3) is 0.636. The number of nitrogens with one attached hydrogen (secondary N) is 2. The van der Waals surface area contributed by atoms with Gasteiger partial charge in [-0.3, -0.25) is 0 Å². The van der Waals surface area contributed by atoms with Crippen LogP contribution in [0.4, 0.5) is 0 Å². The Morgan fingerprint density at radius 1 is 1.21 bits per heavy atom. The molecule has 2 atom stereocenters. The Kier molecular flexibility index (Phi) is 8.12. The number of rotatable bonds is 9. The maximum atomic E-state index is 11.9. The lowest BCUT2D eigenvalue weighted by Crippen LogP contribution is -2.55. The van der Waals surface area contributed by atoms with Crippen LogP contribution < -0.4 is 14.8 Å². The molecule has 3 rings (SSSR count). The molecular weight excluding hydrogens is 388 g/mol. The molecule has 1 aliphatic carbocycles. The highest BCUT2D eigenvalue weighted by Gasteiger charge is 2.30. The van der Waals surface area contributed by atoms with E-state index in [1.165, 1.54) is 5.56 Å². The van der Waals surface area contributed by atoms with Crippen LogP contribution in [0.2, 0.25) is 0 Å². The van der Waals surface area contributed by atoms with Crippen molar-refractivity contribution in [3.8, 4) is 5.75 Å². The molecule has 29 heavy (non-hydrogen) atoms. The normalized spacial score (nSPS) is 28.0. The van der Waals surface area contributed by atoms with Crippen molar-refractivity contribution in [1.29, 1.82) is 0 Å². The second-order valence-corrected chi connectivity index (χ2v) is 9.58. The molecule has 162 valence electrons.